The van der Waals surface area contributed by atoms with Crippen LogP contribution >= 0.6 is 0 Å². The van der Waals surface area contributed by atoms with Gasteiger partial charge in [-0.3, -0.25) is 14.5 Å². The molecule has 1 aliphatic rings. The number of benzene rings is 2. The summed E-state index contributed by atoms with van der Waals surface area (Å²) >= 11 is 0. The van der Waals surface area contributed by atoms with Crippen molar-refractivity contribution in [1.82, 2.24) is 30.3 Å². The van der Waals surface area contributed by atoms with Crippen molar-refractivity contribution in [3.8, 4) is 22.8 Å². The number of nitrogens with one attached hydrogen (secondary N) is 2. The van der Waals surface area contributed by atoms with Crippen LogP contribution < -0.4 is 10.2 Å². The summed E-state index contributed by atoms with van der Waals surface area (Å²) in [5.41, 5.74) is 3.92. The Morgan fingerprint density at radius 3 is 2.56 bits per heavy atom. The summed E-state index contributed by atoms with van der Waals surface area (Å²) in [7, 11) is 0. The summed E-state index contributed by atoms with van der Waals surface area (Å²) in [4.78, 5) is 15.3. The first-order valence-corrected chi connectivity index (χ1v) is 12.4. The topological polar surface area (TPSA) is 121 Å². The number of phenols is 1. The number of anilines is 1. The van der Waals surface area contributed by atoms with Crippen LogP contribution in [0.1, 0.15) is 49.4 Å². The molecule has 0 unspecified atom stereocenters. The highest BCUT2D eigenvalue weighted by Gasteiger charge is 2.24. The van der Waals surface area contributed by atoms with Crippen molar-refractivity contribution < 1.29 is 14.6 Å². The lowest BCUT2D eigenvalue weighted by molar-refractivity contribution is 0.0941. The summed E-state index contributed by atoms with van der Waals surface area (Å²) in [6.45, 7) is 9.74. The molecule has 3 N–H and O–H groups in total. The number of hydrogen-bond donors (Lipinski definition) is 3. The van der Waals surface area contributed by atoms with E-state index in [4.69, 9.17) is 4.74 Å². The van der Waals surface area contributed by atoms with Crippen LogP contribution in [0.15, 0.2) is 36.4 Å². The second-order valence-electron chi connectivity index (χ2n) is 9.23. The molecule has 0 radical (unpaired) electrons. The Hall–Kier alpha value is -3.92. The third-order valence-corrected chi connectivity index (χ3v) is 6.41. The van der Waals surface area contributed by atoms with Gasteiger partial charge in [-0.05, 0) is 42.7 Å². The third kappa shape index (κ3) is 4.39. The van der Waals surface area contributed by atoms with Crippen molar-refractivity contribution in [2.24, 2.45) is 0 Å². The van der Waals surface area contributed by atoms with Crippen LogP contribution in [-0.4, -0.2) is 68.8 Å². The number of morpholine rings is 1. The molecule has 10 heteroatoms. The zero-order chi connectivity index (χ0) is 25.2. The molecule has 0 atom stereocenters. The molecule has 4 aromatic rings. The molecule has 188 valence electrons. The summed E-state index contributed by atoms with van der Waals surface area (Å²) in [6.07, 6.45) is 0.802. The average molecular weight is 490 g/mol. The fourth-order valence-electron chi connectivity index (χ4n) is 4.49. The van der Waals surface area contributed by atoms with Crippen LogP contribution in [0.3, 0.4) is 0 Å². The van der Waals surface area contributed by atoms with Gasteiger partial charge in [0, 0.05) is 48.2 Å². The summed E-state index contributed by atoms with van der Waals surface area (Å²) in [5.74, 6) is 0.454. The van der Waals surface area contributed by atoms with Crippen molar-refractivity contribution in [3.05, 3.63) is 47.9 Å². The SMILES string of the molecule is CCCNC(=O)c1nnc(-c2cc3c(C(C)C)[nH]nc3cc2O)n1-c1ccc(N2CCOCC2)cc1. The van der Waals surface area contributed by atoms with Crippen molar-refractivity contribution in [2.45, 2.75) is 33.1 Å². The van der Waals surface area contributed by atoms with Gasteiger partial charge in [0.2, 0.25) is 5.82 Å². The number of hydrogen-bond acceptors (Lipinski definition) is 7. The van der Waals surface area contributed by atoms with E-state index in [-0.39, 0.29) is 23.4 Å². The number of nitrogens with zero attached hydrogens (tertiary/aromatic N) is 5. The van der Waals surface area contributed by atoms with Gasteiger partial charge in [-0.15, -0.1) is 10.2 Å². The number of H-pyrrole nitrogens is 1. The molecule has 0 aliphatic carbocycles. The molecule has 0 spiro atoms. The highest BCUT2D eigenvalue weighted by molar-refractivity contribution is 5.93. The molecule has 0 bridgehead atoms. The van der Waals surface area contributed by atoms with Gasteiger partial charge >= 0.3 is 0 Å². The average Bonchev–Trinajstić information content (AvgIpc) is 3.52. The summed E-state index contributed by atoms with van der Waals surface area (Å²) < 4.78 is 7.16. The molecular weight excluding hydrogens is 458 g/mol. The first-order valence-electron chi connectivity index (χ1n) is 12.4. The maximum Gasteiger partial charge on any atom is 0.289 e. The molecule has 1 fully saturated rings. The Labute approximate surface area is 209 Å². The number of ether oxygens (including phenoxy) is 1. The number of aromatic amines is 1. The molecule has 1 aliphatic heterocycles. The Balaban J connectivity index is 1.62. The number of aromatic nitrogens is 5. The Bertz CT molecular complexity index is 1370. The first-order chi connectivity index (χ1) is 17.5. The second kappa shape index (κ2) is 9.98. The van der Waals surface area contributed by atoms with E-state index in [2.05, 4.69) is 44.5 Å². The Kier molecular flexibility index (Phi) is 6.60. The minimum atomic E-state index is -0.320. The third-order valence-electron chi connectivity index (χ3n) is 6.41. The molecule has 2 aromatic heterocycles. The van der Waals surface area contributed by atoms with Gasteiger partial charge in [0.25, 0.3) is 5.91 Å². The standard InChI is InChI=1S/C26H31N7O3/c1-4-9-27-26(35)25-31-30-24(20-14-19-21(15-22(20)34)28-29-23(19)16(2)3)33(25)18-7-5-17(6-8-18)32-10-12-36-13-11-32/h5-8,14-16,34H,4,9-13H2,1-3H3,(H,27,35)(H,28,29). The smallest absolute Gasteiger partial charge is 0.289 e. The normalized spacial score (nSPS) is 14.1. The van der Waals surface area contributed by atoms with Gasteiger partial charge in [0.15, 0.2) is 5.82 Å². The molecule has 5 rings (SSSR count). The number of rotatable bonds is 7. The molecule has 36 heavy (non-hydrogen) atoms. The lowest BCUT2D eigenvalue weighted by Gasteiger charge is -2.29. The van der Waals surface area contributed by atoms with Gasteiger partial charge in [0.05, 0.1) is 24.3 Å². The minimum Gasteiger partial charge on any atom is -0.507 e. The van der Waals surface area contributed by atoms with E-state index in [1.54, 1.807) is 10.6 Å². The molecule has 1 amide bonds. The molecule has 0 saturated carbocycles. The monoisotopic (exact) mass is 489 g/mol. The number of phenolic OH excluding ortho intramolecular Hbond substituents is 1. The largest absolute Gasteiger partial charge is 0.507 e. The van der Waals surface area contributed by atoms with Crippen molar-refractivity contribution >= 4 is 22.5 Å². The molecule has 1 saturated heterocycles. The highest BCUT2D eigenvalue weighted by Crippen LogP contribution is 2.36. The fraction of sp³-hybridized carbons (Fsp3) is 0.385. The molecule has 10 nitrogen and oxygen atoms in total. The molecule has 2 aromatic carbocycles. The van der Waals surface area contributed by atoms with Gasteiger partial charge in [-0.1, -0.05) is 20.8 Å². The van der Waals surface area contributed by atoms with Crippen LogP contribution in [0.2, 0.25) is 0 Å². The molecular formula is C26H31N7O3. The fourth-order valence-corrected chi connectivity index (χ4v) is 4.49. The lowest BCUT2D eigenvalue weighted by Crippen LogP contribution is -2.36. The van der Waals surface area contributed by atoms with Crippen LogP contribution in [0.4, 0.5) is 5.69 Å². The zero-order valence-corrected chi connectivity index (χ0v) is 20.8. The summed E-state index contributed by atoms with van der Waals surface area (Å²) in [5, 5.41) is 30.7. The predicted octanol–water partition coefficient (Wildman–Crippen LogP) is 3.62. The van der Waals surface area contributed by atoms with Gasteiger partial charge in [-0.2, -0.15) is 5.10 Å². The zero-order valence-electron chi connectivity index (χ0n) is 20.8. The van der Waals surface area contributed by atoms with E-state index >= 15 is 0 Å². The maximum absolute atomic E-state index is 13.0. The minimum absolute atomic E-state index is 0.0170. The second-order valence-corrected chi connectivity index (χ2v) is 9.23. The van der Waals surface area contributed by atoms with Crippen molar-refractivity contribution in [1.29, 1.82) is 0 Å². The van der Waals surface area contributed by atoms with Gasteiger partial charge in [0.1, 0.15) is 5.75 Å². The van der Waals surface area contributed by atoms with E-state index in [1.807, 2.05) is 37.3 Å². The van der Waals surface area contributed by atoms with Crippen LogP contribution in [-0.2, 0) is 4.74 Å². The number of amides is 1. The number of carbonyl (C=O) groups is 1. The van der Waals surface area contributed by atoms with Crippen molar-refractivity contribution in [3.63, 3.8) is 0 Å². The Morgan fingerprint density at radius 1 is 1.14 bits per heavy atom. The quantitative estimate of drug-likeness (QED) is 0.363. The van der Waals surface area contributed by atoms with Crippen LogP contribution in [0.25, 0.3) is 28.0 Å². The van der Waals surface area contributed by atoms with Gasteiger partial charge < -0.3 is 20.1 Å². The predicted molar refractivity (Wildman–Crippen MR) is 138 cm³/mol. The van der Waals surface area contributed by atoms with E-state index in [0.717, 1.165) is 42.0 Å². The van der Waals surface area contributed by atoms with Crippen LogP contribution in [0, 0.1) is 0 Å². The first kappa shape index (κ1) is 23.8. The van der Waals surface area contributed by atoms with Gasteiger partial charge in [-0.25, -0.2) is 0 Å². The van der Waals surface area contributed by atoms with Crippen molar-refractivity contribution in [2.75, 3.05) is 37.7 Å². The lowest BCUT2D eigenvalue weighted by atomic mass is 10.0. The van der Waals surface area contributed by atoms with Crippen LogP contribution in [0.5, 0.6) is 5.75 Å². The maximum atomic E-state index is 13.0. The number of carbonyl (C=O) groups excluding carboxylic acids is 1. The highest BCUT2D eigenvalue weighted by atomic mass is 16.5. The number of fused-ring (bicyclic) bond motifs is 1. The van der Waals surface area contributed by atoms with E-state index in [0.29, 0.717) is 36.7 Å². The van der Waals surface area contributed by atoms with E-state index in [9.17, 15) is 9.90 Å². The van der Waals surface area contributed by atoms with E-state index < -0.39 is 0 Å². The van der Waals surface area contributed by atoms with E-state index in [1.165, 1.54) is 0 Å². The summed E-state index contributed by atoms with van der Waals surface area (Å²) in [6, 6.07) is 11.4. The molecule has 3 heterocycles. The Morgan fingerprint density at radius 2 is 1.86 bits per heavy atom. The number of aromatic hydroxyl groups is 1.